The van der Waals surface area contributed by atoms with Gasteiger partial charge in [0.05, 0.1) is 5.52 Å². The largest absolute Gasteiger partial charge is 0.338 e. The second kappa shape index (κ2) is 3.90. The van der Waals surface area contributed by atoms with E-state index in [2.05, 4.69) is 15.5 Å². The van der Waals surface area contributed by atoms with Gasteiger partial charge < -0.3 is 5.32 Å². The Balaban J connectivity index is 1.97. The number of benzene rings is 2. The minimum absolute atomic E-state index is 0.248. The van der Waals surface area contributed by atoms with E-state index in [1.54, 1.807) is 12.1 Å². The number of hydrogen-bond acceptors (Lipinski definition) is 2. The number of nitrogens with one attached hydrogen (secondary N) is 2. The first-order valence-electron chi connectivity index (χ1n) is 5.28. The third-order valence-corrected chi connectivity index (χ3v) is 2.58. The zero-order valence-corrected chi connectivity index (χ0v) is 8.94. The topological polar surface area (TPSA) is 40.7 Å². The Hall–Kier alpha value is -2.36. The fourth-order valence-corrected chi connectivity index (χ4v) is 1.73. The number of halogens is 1. The smallest absolute Gasteiger partial charge is 0.160 e. The van der Waals surface area contributed by atoms with Crippen LogP contribution in [0.5, 0.6) is 0 Å². The van der Waals surface area contributed by atoms with Gasteiger partial charge in [0.25, 0.3) is 0 Å². The quantitative estimate of drug-likeness (QED) is 0.704. The van der Waals surface area contributed by atoms with Gasteiger partial charge in [-0.05, 0) is 36.4 Å². The number of para-hydroxylation sites is 1. The Bertz CT molecular complexity index is 643. The molecule has 0 radical (unpaired) electrons. The number of fused-ring (bicyclic) bond motifs is 1. The standard InChI is InChI=1S/C13H10FN3/c14-9-5-7-10(8-6-9)15-13-11-3-1-2-4-12(11)16-17-13/h1-8H,(H2,15,16,17). The fourth-order valence-electron chi connectivity index (χ4n) is 1.73. The molecule has 3 nitrogen and oxygen atoms in total. The maximum absolute atomic E-state index is 12.8. The van der Waals surface area contributed by atoms with Crippen LogP contribution in [0.15, 0.2) is 48.5 Å². The molecule has 1 heterocycles. The van der Waals surface area contributed by atoms with Crippen LogP contribution >= 0.6 is 0 Å². The van der Waals surface area contributed by atoms with Crippen molar-refractivity contribution in [3.63, 3.8) is 0 Å². The van der Waals surface area contributed by atoms with Crippen LogP contribution in [0.1, 0.15) is 0 Å². The summed E-state index contributed by atoms with van der Waals surface area (Å²) in [6, 6.07) is 14.0. The van der Waals surface area contributed by atoms with Crippen LogP contribution in [0.2, 0.25) is 0 Å². The third-order valence-electron chi connectivity index (χ3n) is 2.58. The minimum Gasteiger partial charge on any atom is -0.338 e. The number of rotatable bonds is 2. The Morgan fingerprint density at radius 3 is 2.59 bits per heavy atom. The SMILES string of the molecule is Fc1ccc(Nc2n[nH]c3ccccc23)cc1. The Morgan fingerprint density at radius 2 is 1.76 bits per heavy atom. The van der Waals surface area contributed by atoms with Gasteiger partial charge in [-0.25, -0.2) is 4.39 Å². The molecule has 1 aromatic heterocycles. The first-order chi connectivity index (χ1) is 8.33. The number of H-pyrrole nitrogens is 1. The Morgan fingerprint density at radius 1 is 1.00 bits per heavy atom. The molecule has 0 bridgehead atoms. The van der Waals surface area contributed by atoms with E-state index in [-0.39, 0.29) is 5.82 Å². The predicted octanol–water partition coefficient (Wildman–Crippen LogP) is 3.45. The van der Waals surface area contributed by atoms with E-state index in [9.17, 15) is 4.39 Å². The molecule has 0 aliphatic carbocycles. The molecule has 3 aromatic rings. The zero-order valence-electron chi connectivity index (χ0n) is 8.94. The molecular formula is C13H10FN3. The third kappa shape index (κ3) is 1.85. The van der Waals surface area contributed by atoms with Gasteiger partial charge in [0.15, 0.2) is 5.82 Å². The van der Waals surface area contributed by atoms with Crippen LogP contribution < -0.4 is 5.32 Å². The summed E-state index contributed by atoms with van der Waals surface area (Å²) < 4.78 is 12.8. The molecule has 4 heteroatoms. The molecule has 3 rings (SSSR count). The number of anilines is 2. The van der Waals surface area contributed by atoms with Gasteiger partial charge in [0.2, 0.25) is 0 Å². The van der Waals surface area contributed by atoms with E-state index in [4.69, 9.17) is 0 Å². The highest BCUT2D eigenvalue weighted by Crippen LogP contribution is 2.23. The fraction of sp³-hybridized carbons (Fsp3) is 0. The normalized spacial score (nSPS) is 10.6. The maximum atomic E-state index is 12.8. The Labute approximate surface area is 97.3 Å². The van der Waals surface area contributed by atoms with Crippen LogP contribution in [0.25, 0.3) is 10.9 Å². The zero-order chi connectivity index (χ0) is 11.7. The number of aromatic amines is 1. The second-order valence-corrected chi connectivity index (χ2v) is 3.75. The number of hydrogen-bond donors (Lipinski definition) is 2. The monoisotopic (exact) mass is 227 g/mol. The van der Waals surface area contributed by atoms with Crippen molar-refractivity contribution in [3.05, 3.63) is 54.3 Å². The molecule has 0 aliphatic rings. The molecule has 0 aliphatic heterocycles. The highest BCUT2D eigenvalue weighted by Gasteiger charge is 2.04. The molecule has 0 atom stereocenters. The van der Waals surface area contributed by atoms with Crippen molar-refractivity contribution in [2.75, 3.05) is 5.32 Å². The van der Waals surface area contributed by atoms with Crippen LogP contribution in [0, 0.1) is 5.82 Å². The van der Waals surface area contributed by atoms with Crippen molar-refractivity contribution in [1.82, 2.24) is 10.2 Å². The first kappa shape index (κ1) is 9.84. The van der Waals surface area contributed by atoms with Crippen molar-refractivity contribution < 1.29 is 4.39 Å². The summed E-state index contributed by atoms with van der Waals surface area (Å²) in [6.07, 6.45) is 0. The summed E-state index contributed by atoms with van der Waals surface area (Å²) in [6.45, 7) is 0. The molecule has 0 saturated heterocycles. The van der Waals surface area contributed by atoms with Crippen LogP contribution in [-0.4, -0.2) is 10.2 Å². The van der Waals surface area contributed by atoms with Gasteiger partial charge in [-0.1, -0.05) is 12.1 Å². The van der Waals surface area contributed by atoms with Gasteiger partial charge in [-0.2, -0.15) is 5.10 Å². The molecule has 17 heavy (non-hydrogen) atoms. The molecular weight excluding hydrogens is 217 g/mol. The van der Waals surface area contributed by atoms with E-state index in [1.165, 1.54) is 12.1 Å². The summed E-state index contributed by atoms with van der Waals surface area (Å²) in [7, 11) is 0. The van der Waals surface area contributed by atoms with Crippen molar-refractivity contribution in [2.45, 2.75) is 0 Å². The molecule has 0 fully saturated rings. The average Bonchev–Trinajstić information content (AvgIpc) is 2.76. The van der Waals surface area contributed by atoms with E-state index < -0.39 is 0 Å². The maximum Gasteiger partial charge on any atom is 0.160 e. The second-order valence-electron chi connectivity index (χ2n) is 3.75. The molecule has 2 N–H and O–H groups in total. The van der Waals surface area contributed by atoms with Crippen LogP contribution in [0.4, 0.5) is 15.9 Å². The summed E-state index contributed by atoms with van der Waals surface area (Å²) in [5.41, 5.74) is 1.78. The van der Waals surface area contributed by atoms with E-state index in [0.29, 0.717) is 0 Å². The lowest BCUT2D eigenvalue weighted by Crippen LogP contribution is -1.90. The lowest BCUT2D eigenvalue weighted by Gasteiger charge is -2.02. The van der Waals surface area contributed by atoms with Crippen molar-refractivity contribution in [1.29, 1.82) is 0 Å². The molecule has 0 spiro atoms. The summed E-state index contributed by atoms with van der Waals surface area (Å²) in [4.78, 5) is 0. The van der Waals surface area contributed by atoms with Crippen LogP contribution in [0.3, 0.4) is 0 Å². The van der Waals surface area contributed by atoms with Crippen molar-refractivity contribution >= 4 is 22.4 Å². The van der Waals surface area contributed by atoms with Gasteiger partial charge in [0, 0.05) is 11.1 Å². The Kier molecular flexibility index (Phi) is 2.26. The van der Waals surface area contributed by atoms with Gasteiger partial charge >= 0.3 is 0 Å². The van der Waals surface area contributed by atoms with Crippen LogP contribution in [-0.2, 0) is 0 Å². The highest BCUT2D eigenvalue weighted by atomic mass is 19.1. The van der Waals surface area contributed by atoms with Crippen molar-refractivity contribution in [2.24, 2.45) is 0 Å². The number of aromatic nitrogens is 2. The molecule has 2 aromatic carbocycles. The highest BCUT2D eigenvalue weighted by molar-refractivity contribution is 5.91. The van der Waals surface area contributed by atoms with Gasteiger partial charge in [0.1, 0.15) is 5.82 Å². The van der Waals surface area contributed by atoms with Gasteiger partial charge in [-0.15, -0.1) is 0 Å². The molecule has 0 amide bonds. The average molecular weight is 227 g/mol. The first-order valence-corrected chi connectivity index (χ1v) is 5.28. The van der Waals surface area contributed by atoms with E-state index in [0.717, 1.165) is 22.4 Å². The lowest BCUT2D eigenvalue weighted by atomic mass is 10.2. The van der Waals surface area contributed by atoms with Gasteiger partial charge in [-0.3, -0.25) is 5.10 Å². The van der Waals surface area contributed by atoms with Crippen molar-refractivity contribution in [3.8, 4) is 0 Å². The van der Waals surface area contributed by atoms with E-state index >= 15 is 0 Å². The molecule has 0 saturated carbocycles. The molecule has 84 valence electrons. The minimum atomic E-state index is -0.248. The summed E-state index contributed by atoms with van der Waals surface area (Å²) in [5, 5.41) is 11.3. The summed E-state index contributed by atoms with van der Waals surface area (Å²) in [5.74, 6) is 0.495. The number of nitrogens with zero attached hydrogens (tertiary/aromatic N) is 1. The lowest BCUT2D eigenvalue weighted by molar-refractivity contribution is 0.628. The predicted molar refractivity (Wildman–Crippen MR) is 65.8 cm³/mol. The molecule has 0 unspecified atom stereocenters. The summed E-state index contributed by atoms with van der Waals surface area (Å²) >= 11 is 0. The van der Waals surface area contributed by atoms with E-state index in [1.807, 2.05) is 24.3 Å².